The van der Waals surface area contributed by atoms with Crippen LogP contribution in [0.15, 0.2) is 0 Å². The van der Waals surface area contributed by atoms with Gasteiger partial charge in [0, 0.05) is 0 Å². The largest absolute Gasteiger partial charge is 0.353 e. The van der Waals surface area contributed by atoms with Gasteiger partial charge in [0.15, 0.2) is 0 Å². The Kier molecular flexibility index (Phi) is 1.79. The lowest BCUT2D eigenvalue weighted by atomic mass is 9.88. The molecule has 0 aromatic heterocycles. The molecule has 0 amide bonds. The van der Waals surface area contributed by atoms with Gasteiger partial charge in [-0.3, -0.25) is 0 Å². The Morgan fingerprint density at radius 2 is 1.15 bits per heavy atom. The monoisotopic (exact) mass is 202 g/mol. The summed E-state index contributed by atoms with van der Waals surface area (Å²) in [6.45, 7) is 4.33. The smallest absolute Gasteiger partial charge is 0.230 e. The molecule has 0 spiro atoms. The average Bonchev–Trinajstić information content (AvgIpc) is 2.05. The molecule has 0 radical (unpaired) electrons. The highest BCUT2D eigenvalue weighted by Crippen LogP contribution is 2.71. The van der Waals surface area contributed by atoms with Crippen molar-refractivity contribution in [2.45, 2.75) is 44.7 Å². The third kappa shape index (κ3) is 1.15. The number of alkyl halides is 5. The molecule has 0 atom stereocenters. The van der Waals surface area contributed by atoms with Gasteiger partial charge in [-0.2, -0.15) is 17.6 Å². The van der Waals surface area contributed by atoms with Crippen LogP contribution in [0.25, 0.3) is 0 Å². The van der Waals surface area contributed by atoms with Crippen molar-refractivity contribution >= 4 is 0 Å². The van der Waals surface area contributed by atoms with Crippen molar-refractivity contribution in [3.05, 3.63) is 0 Å². The Morgan fingerprint density at radius 3 is 1.23 bits per heavy atom. The first kappa shape index (κ1) is 10.7. The quantitative estimate of drug-likeness (QED) is 0.571. The molecule has 0 bridgehead atoms. The van der Waals surface area contributed by atoms with Crippen LogP contribution in [0.2, 0.25) is 0 Å². The third-order valence-corrected chi connectivity index (χ3v) is 2.10. The van der Waals surface area contributed by atoms with E-state index in [1.165, 1.54) is 20.8 Å². The summed E-state index contributed by atoms with van der Waals surface area (Å²) in [7, 11) is 0. The van der Waals surface area contributed by atoms with E-state index in [9.17, 15) is 22.0 Å². The van der Waals surface area contributed by atoms with Gasteiger partial charge in [-0.1, -0.05) is 20.8 Å². The van der Waals surface area contributed by atoms with E-state index >= 15 is 0 Å². The molecule has 1 rings (SSSR count). The Morgan fingerprint density at radius 1 is 0.846 bits per heavy atom. The molecule has 78 valence electrons. The zero-order valence-corrected chi connectivity index (χ0v) is 7.60. The van der Waals surface area contributed by atoms with E-state index in [-0.39, 0.29) is 0 Å². The fourth-order valence-electron chi connectivity index (χ4n) is 1.39. The van der Waals surface area contributed by atoms with Gasteiger partial charge in [-0.15, -0.1) is 0 Å². The summed E-state index contributed by atoms with van der Waals surface area (Å²) in [5.41, 5.74) is -4.52. The lowest BCUT2D eigenvalue weighted by Gasteiger charge is -2.19. The van der Waals surface area contributed by atoms with Crippen molar-refractivity contribution in [3.8, 4) is 0 Å². The Bertz CT molecular complexity index is 211. The molecule has 1 saturated carbocycles. The number of hydrogen-bond donors (Lipinski definition) is 0. The molecule has 0 aliphatic heterocycles. The SMILES string of the molecule is CC(C)(C)CC1(F)C(F)(F)C1(F)F. The molecule has 5 heteroatoms. The number of rotatable bonds is 1. The van der Waals surface area contributed by atoms with Crippen molar-refractivity contribution in [2.24, 2.45) is 5.41 Å². The predicted octanol–water partition coefficient (Wildman–Crippen LogP) is 3.42. The van der Waals surface area contributed by atoms with Crippen LogP contribution < -0.4 is 0 Å². The molecule has 1 aliphatic rings. The fraction of sp³-hybridized carbons (Fsp3) is 1.00. The second kappa shape index (κ2) is 2.17. The maximum absolute atomic E-state index is 13.1. The van der Waals surface area contributed by atoms with Gasteiger partial charge in [0.2, 0.25) is 5.67 Å². The Labute approximate surface area is 73.1 Å². The van der Waals surface area contributed by atoms with Crippen LogP contribution in [-0.4, -0.2) is 17.5 Å². The lowest BCUT2D eigenvalue weighted by Crippen LogP contribution is -2.22. The second-order valence-electron chi connectivity index (χ2n) is 4.69. The van der Waals surface area contributed by atoms with Crippen LogP contribution in [0, 0.1) is 5.41 Å². The Hall–Kier alpha value is -0.350. The maximum atomic E-state index is 13.1. The molecule has 0 unspecified atom stereocenters. The molecule has 0 saturated heterocycles. The minimum atomic E-state index is -4.49. The van der Waals surface area contributed by atoms with Gasteiger partial charge in [0.25, 0.3) is 0 Å². The van der Waals surface area contributed by atoms with Crippen LogP contribution in [0.5, 0.6) is 0 Å². The first-order chi connectivity index (χ1) is 5.46. The van der Waals surface area contributed by atoms with Gasteiger partial charge in [-0.25, -0.2) is 4.39 Å². The summed E-state index contributed by atoms with van der Waals surface area (Å²) in [5.74, 6) is -8.99. The lowest BCUT2D eigenvalue weighted by molar-refractivity contribution is -0.0278. The summed E-state index contributed by atoms with van der Waals surface area (Å²) in [6.07, 6.45) is -0.833. The molecule has 1 fully saturated rings. The average molecular weight is 202 g/mol. The van der Waals surface area contributed by atoms with E-state index in [1.54, 1.807) is 0 Å². The van der Waals surface area contributed by atoms with E-state index in [0.29, 0.717) is 0 Å². The van der Waals surface area contributed by atoms with Gasteiger partial charge in [0.05, 0.1) is 0 Å². The van der Waals surface area contributed by atoms with Crippen molar-refractivity contribution in [1.82, 2.24) is 0 Å². The Balaban J connectivity index is 2.84. The first-order valence-electron chi connectivity index (χ1n) is 3.90. The van der Waals surface area contributed by atoms with Crippen LogP contribution in [-0.2, 0) is 0 Å². The van der Waals surface area contributed by atoms with Crippen LogP contribution in [0.3, 0.4) is 0 Å². The molecule has 0 aromatic rings. The zero-order valence-electron chi connectivity index (χ0n) is 7.60. The molecule has 0 aromatic carbocycles. The minimum Gasteiger partial charge on any atom is -0.230 e. The van der Waals surface area contributed by atoms with Crippen molar-refractivity contribution in [1.29, 1.82) is 0 Å². The highest BCUT2D eigenvalue weighted by Gasteiger charge is 2.98. The summed E-state index contributed by atoms with van der Waals surface area (Å²) in [4.78, 5) is 0. The van der Waals surface area contributed by atoms with E-state index in [0.717, 1.165) is 0 Å². The topological polar surface area (TPSA) is 0 Å². The van der Waals surface area contributed by atoms with E-state index < -0.39 is 29.3 Å². The highest BCUT2D eigenvalue weighted by molar-refractivity contribution is 5.29. The number of hydrogen-bond acceptors (Lipinski definition) is 0. The standard InChI is InChI=1S/C8H11F5/c1-5(2,3)4-6(9)7(10,11)8(6,12)13/h4H2,1-3H3. The zero-order chi connectivity index (χ0) is 10.7. The van der Waals surface area contributed by atoms with E-state index in [1.807, 2.05) is 0 Å². The van der Waals surface area contributed by atoms with Gasteiger partial charge >= 0.3 is 11.8 Å². The summed E-state index contributed by atoms with van der Waals surface area (Å²) >= 11 is 0. The predicted molar refractivity (Wildman–Crippen MR) is 37.8 cm³/mol. The molecule has 1 aliphatic carbocycles. The molecular formula is C8H11F5. The summed E-state index contributed by atoms with van der Waals surface area (Å²) < 4.78 is 62.5. The summed E-state index contributed by atoms with van der Waals surface area (Å²) in [6, 6.07) is 0. The van der Waals surface area contributed by atoms with Gasteiger partial charge in [-0.05, 0) is 11.8 Å². The minimum absolute atomic E-state index is 0.833. The third-order valence-electron chi connectivity index (χ3n) is 2.10. The first-order valence-corrected chi connectivity index (χ1v) is 3.90. The van der Waals surface area contributed by atoms with Crippen LogP contribution in [0.1, 0.15) is 27.2 Å². The second-order valence-corrected chi connectivity index (χ2v) is 4.69. The van der Waals surface area contributed by atoms with Gasteiger partial charge < -0.3 is 0 Å². The fourth-order valence-corrected chi connectivity index (χ4v) is 1.39. The van der Waals surface area contributed by atoms with Crippen LogP contribution in [0.4, 0.5) is 22.0 Å². The summed E-state index contributed by atoms with van der Waals surface area (Å²) in [5, 5.41) is 0. The molecule has 13 heavy (non-hydrogen) atoms. The van der Waals surface area contributed by atoms with Crippen molar-refractivity contribution in [2.75, 3.05) is 0 Å². The molecule has 0 N–H and O–H groups in total. The highest BCUT2D eigenvalue weighted by atomic mass is 19.3. The molecule has 0 heterocycles. The number of halogens is 5. The maximum Gasteiger partial charge on any atom is 0.353 e. The molecular weight excluding hydrogens is 191 g/mol. The van der Waals surface area contributed by atoms with Crippen LogP contribution >= 0.6 is 0 Å². The normalized spacial score (nSPS) is 28.6. The van der Waals surface area contributed by atoms with Gasteiger partial charge in [0.1, 0.15) is 0 Å². The molecule has 0 nitrogen and oxygen atoms in total. The van der Waals surface area contributed by atoms with Crippen molar-refractivity contribution < 1.29 is 22.0 Å². The van der Waals surface area contributed by atoms with E-state index in [4.69, 9.17) is 0 Å². The van der Waals surface area contributed by atoms with E-state index in [2.05, 4.69) is 0 Å². The van der Waals surface area contributed by atoms with Crippen molar-refractivity contribution in [3.63, 3.8) is 0 Å².